The van der Waals surface area contributed by atoms with Gasteiger partial charge >= 0.3 is 0 Å². The highest BCUT2D eigenvalue weighted by atomic mass is 16.3. The average Bonchev–Trinajstić information content (AvgIpc) is 3.08. The van der Waals surface area contributed by atoms with Gasteiger partial charge in [0.2, 0.25) is 0 Å². The van der Waals surface area contributed by atoms with E-state index in [1.54, 1.807) is 18.6 Å². The van der Waals surface area contributed by atoms with E-state index < -0.39 is 0 Å². The Bertz CT molecular complexity index is 757. The third-order valence-electron chi connectivity index (χ3n) is 3.80. The third kappa shape index (κ3) is 2.60. The Kier molecular flexibility index (Phi) is 3.36. The minimum atomic E-state index is 0.746. The summed E-state index contributed by atoms with van der Waals surface area (Å²) in [7, 11) is 0. The lowest BCUT2D eigenvalue weighted by Crippen LogP contribution is -2.30. The van der Waals surface area contributed by atoms with E-state index in [1.807, 2.05) is 18.3 Å². The highest BCUT2D eigenvalue weighted by Crippen LogP contribution is 2.21. The summed E-state index contributed by atoms with van der Waals surface area (Å²) in [5.41, 5.74) is 3.26. The number of fused-ring (bicyclic) bond motifs is 1. The zero-order valence-electron chi connectivity index (χ0n) is 12.0. The van der Waals surface area contributed by atoms with E-state index in [0.29, 0.717) is 0 Å². The maximum Gasteiger partial charge on any atom is 0.180 e. The molecule has 0 saturated carbocycles. The van der Waals surface area contributed by atoms with Crippen molar-refractivity contribution in [1.82, 2.24) is 24.8 Å². The van der Waals surface area contributed by atoms with Crippen molar-refractivity contribution in [1.29, 1.82) is 0 Å². The SMILES string of the molecule is c1cncc(-c2ncc3c(n2)CCN(Cc2cnco2)C3)c1. The molecule has 4 rings (SSSR count). The predicted molar refractivity (Wildman–Crippen MR) is 79.6 cm³/mol. The van der Waals surface area contributed by atoms with E-state index in [9.17, 15) is 0 Å². The standard InChI is InChI=1S/C16H15N5O/c1-2-12(6-17-4-1)16-19-7-13-9-21(5-3-15(13)20-16)10-14-8-18-11-22-14/h1-2,4,6-8,11H,3,5,9-10H2. The normalized spacial score (nSPS) is 14.7. The van der Waals surface area contributed by atoms with E-state index in [1.165, 1.54) is 12.0 Å². The molecule has 0 saturated heterocycles. The fraction of sp³-hybridized carbons (Fsp3) is 0.250. The van der Waals surface area contributed by atoms with Crippen molar-refractivity contribution in [3.05, 3.63) is 60.3 Å². The second-order valence-electron chi connectivity index (χ2n) is 5.34. The minimum Gasteiger partial charge on any atom is -0.447 e. The summed E-state index contributed by atoms with van der Waals surface area (Å²) < 4.78 is 5.31. The quantitative estimate of drug-likeness (QED) is 0.736. The van der Waals surface area contributed by atoms with E-state index in [2.05, 4.69) is 19.9 Å². The van der Waals surface area contributed by atoms with E-state index in [-0.39, 0.29) is 0 Å². The highest BCUT2D eigenvalue weighted by molar-refractivity contribution is 5.53. The molecular weight excluding hydrogens is 278 g/mol. The molecule has 110 valence electrons. The summed E-state index contributed by atoms with van der Waals surface area (Å²) in [6.07, 6.45) is 9.62. The number of hydrogen-bond acceptors (Lipinski definition) is 6. The van der Waals surface area contributed by atoms with E-state index in [4.69, 9.17) is 9.40 Å². The van der Waals surface area contributed by atoms with Gasteiger partial charge in [-0.05, 0) is 12.1 Å². The highest BCUT2D eigenvalue weighted by Gasteiger charge is 2.19. The molecule has 0 amide bonds. The molecule has 4 heterocycles. The van der Waals surface area contributed by atoms with Crippen LogP contribution >= 0.6 is 0 Å². The molecule has 0 aliphatic carbocycles. The van der Waals surface area contributed by atoms with Crippen LogP contribution in [0.4, 0.5) is 0 Å². The number of aromatic nitrogens is 4. The molecular formula is C16H15N5O. The molecule has 0 spiro atoms. The van der Waals surface area contributed by atoms with Gasteiger partial charge in [-0.2, -0.15) is 0 Å². The first-order chi connectivity index (χ1) is 10.9. The van der Waals surface area contributed by atoms with Gasteiger partial charge in [-0.3, -0.25) is 9.88 Å². The molecule has 0 unspecified atom stereocenters. The first kappa shape index (κ1) is 13.1. The van der Waals surface area contributed by atoms with Gasteiger partial charge in [0, 0.05) is 49.2 Å². The van der Waals surface area contributed by atoms with Crippen LogP contribution in [-0.4, -0.2) is 31.4 Å². The number of nitrogens with zero attached hydrogens (tertiary/aromatic N) is 5. The maximum atomic E-state index is 5.31. The van der Waals surface area contributed by atoms with Gasteiger partial charge in [-0.1, -0.05) is 0 Å². The van der Waals surface area contributed by atoms with Crippen molar-refractivity contribution in [3.63, 3.8) is 0 Å². The van der Waals surface area contributed by atoms with Gasteiger partial charge in [0.1, 0.15) is 5.76 Å². The monoisotopic (exact) mass is 293 g/mol. The summed E-state index contributed by atoms with van der Waals surface area (Å²) in [5, 5.41) is 0. The van der Waals surface area contributed by atoms with Crippen molar-refractivity contribution >= 4 is 0 Å². The molecule has 3 aromatic rings. The van der Waals surface area contributed by atoms with Crippen LogP contribution in [0.5, 0.6) is 0 Å². The molecule has 6 nitrogen and oxygen atoms in total. The molecule has 1 aliphatic heterocycles. The van der Waals surface area contributed by atoms with E-state index in [0.717, 1.165) is 48.9 Å². The van der Waals surface area contributed by atoms with Crippen molar-refractivity contribution in [2.45, 2.75) is 19.5 Å². The fourth-order valence-electron chi connectivity index (χ4n) is 2.68. The Morgan fingerprint density at radius 2 is 2.18 bits per heavy atom. The number of oxazole rings is 1. The summed E-state index contributed by atoms with van der Waals surface area (Å²) in [5.74, 6) is 1.63. The lowest BCUT2D eigenvalue weighted by atomic mass is 10.1. The molecule has 3 aromatic heterocycles. The van der Waals surface area contributed by atoms with Gasteiger partial charge in [0.25, 0.3) is 0 Å². The predicted octanol–water partition coefficient (Wildman–Crippen LogP) is 2.08. The van der Waals surface area contributed by atoms with Gasteiger partial charge < -0.3 is 4.42 Å². The van der Waals surface area contributed by atoms with Crippen LogP contribution in [0.2, 0.25) is 0 Å². The number of rotatable bonds is 3. The summed E-state index contributed by atoms with van der Waals surface area (Å²) in [6, 6.07) is 3.88. The van der Waals surface area contributed by atoms with Crippen LogP contribution in [0.1, 0.15) is 17.0 Å². The molecule has 0 bridgehead atoms. The van der Waals surface area contributed by atoms with Crippen molar-refractivity contribution in [2.24, 2.45) is 0 Å². The molecule has 0 radical (unpaired) electrons. The zero-order chi connectivity index (χ0) is 14.8. The largest absolute Gasteiger partial charge is 0.447 e. The van der Waals surface area contributed by atoms with Crippen LogP contribution in [-0.2, 0) is 19.5 Å². The Balaban J connectivity index is 1.54. The van der Waals surface area contributed by atoms with Gasteiger partial charge in [0.05, 0.1) is 18.4 Å². The van der Waals surface area contributed by atoms with E-state index >= 15 is 0 Å². The summed E-state index contributed by atoms with van der Waals surface area (Å²) in [6.45, 7) is 2.56. The van der Waals surface area contributed by atoms with Crippen LogP contribution in [0.3, 0.4) is 0 Å². The van der Waals surface area contributed by atoms with Gasteiger partial charge in [-0.25, -0.2) is 15.0 Å². The molecule has 0 atom stereocenters. The van der Waals surface area contributed by atoms with Crippen LogP contribution in [0, 0.1) is 0 Å². The Morgan fingerprint density at radius 1 is 1.18 bits per heavy atom. The lowest BCUT2D eigenvalue weighted by Gasteiger charge is -2.27. The smallest absolute Gasteiger partial charge is 0.180 e. The molecule has 22 heavy (non-hydrogen) atoms. The molecule has 0 fully saturated rings. The molecule has 0 N–H and O–H groups in total. The first-order valence-electron chi connectivity index (χ1n) is 7.23. The van der Waals surface area contributed by atoms with Crippen LogP contribution < -0.4 is 0 Å². The molecule has 6 heteroatoms. The topological polar surface area (TPSA) is 67.9 Å². The van der Waals surface area contributed by atoms with Crippen molar-refractivity contribution in [3.8, 4) is 11.4 Å². The molecule has 1 aliphatic rings. The summed E-state index contributed by atoms with van der Waals surface area (Å²) >= 11 is 0. The number of hydrogen-bond donors (Lipinski definition) is 0. The van der Waals surface area contributed by atoms with Gasteiger partial charge in [-0.15, -0.1) is 0 Å². The first-order valence-corrected chi connectivity index (χ1v) is 7.23. The second-order valence-corrected chi connectivity index (χ2v) is 5.34. The fourth-order valence-corrected chi connectivity index (χ4v) is 2.68. The molecule has 0 aromatic carbocycles. The number of pyridine rings is 1. The van der Waals surface area contributed by atoms with Crippen molar-refractivity contribution < 1.29 is 4.42 Å². The average molecular weight is 293 g/mol. The maximum absolute atomic E-state index is 5.31. The minimum absolute atomic E-state index is 0.746. The van der Waals surface area contributed by atoms with Crippen molar-refractivity contribution in [2.75, 3.05) is 6.54 Å². The third-order valence-corrected chi connectivity index (χ3v) is 3.80. The lowest BCUT2D eigenvalue weighted by molar-refractivity contribution is 0.223. The summed E-state index contributed by atoms with van der Waals surface area (Å²) in [4.78, 5) is 19.6. The Labute approximate surface area is 127 Å². The van der Waals surface area contributed by atoms with Crippen LogP contribution in [0.15, 0.2) is 47.7 Å². The van der Waals surface area contributed by atoms with Gasteiger partial charge in [0.15, 0.2) is 12.2 Å². The Morgan fingerprint density at radius 3 is 3.00 bits per heavy atom. The van der Waals surface area contributed by atoms with Crippen LogP contribution in [0.25, 0.3) is 11.4 Å². The Hall–Kier alpha value is -2.60. The zero-order valence-corrected chi connectivity index (χ0v) is 12.0. The second kappa shape index (κ2) is 5.65.